The van der Waals surface area contributed by atoms with Gasteiger partial charge in [0.25, 0.3) is 0 Å². The first-order valence-electron chi connectivity index (χ1n) is 31.6. The Hall–Kier alpha value is -6.13. The molecule has 0 aliphatic carbocycles. The lowest BCUT2D eigenvalue weighted by atomic mass is 9.91. The highest BCUT2D eigenvalue weighted by Gasteiger charge is 2.45. The monoisotopic (exact) mass is 1230 g/mol. The third kappa shape index (κ3) is 24.1. The second-order valence-electron chi connectivity index (χ2n) is 26.0. The average molecular weight is 1230 g/mol. The van der Waals surface area contributed by atoms with Crippen LogP contribution in [0.3, 0.4) is 0 Å². The van der Waals surface area contributed by atoms with Gasteiger partial charge in [-0.2, -0.15) is 0 Å². The van der Waals surface area contributed by atoms with Gasteiger partial charge in [-0.25, -0.2) is 0 Å². The molecule has 0 rings (SSSR count). The van der Waals surface area contributed by atoms with Gasteiger partial charge in [0.2, 0.25) is 65.0 Å². The summed E-state index contributed by atoms with van der Waals surface area (Å²) in [5.74, 6) is -8.33. The first-order valence-corrected chi connectivity index (χ1v) is 31.6. The van der Waals surface area contributed by atoms with E-state index in [2.05, 4.69) is 16.0 Å². The number of carbonyl (C=O) groups is 11. The first kappa shape index (κ1) is 80.9. The summed E-state index contributed by atoms with van der Waals surface area (Å²) in [6, 6.07) is -10.3. The highest BCUT2D eigenvalue weighted by Crippen LogP contribution is 2.26. The molecule has 11 amide bonds. The van der Waals surface area contributed by atoms with Gasteiger partial charge in [0.05, 0.1) is 12.6 Å². The van der Waals surface area contributed by atoms with Crippen molar-refractivity contribution < 1.29 is 57.8 Å². The molecule has 0 aromatic carbocycles. The lowest BCUT2D eigenvalue weighted by molar-refractivity contribution is -0.157. The number of carbonyl (C=O) groups excluding carboxylic acids is 11. The molecule has 0 radical (unpaired) electrons. The van der Waals surface area contributed by atoms with E-state index in [1.165, 1.54) is 73.7 Å². The lowest BCUT2D eigenvalue weighted by Gasteiger charge is -2.41. The summed E-state index contributed by atoms with van der Waals surface area (Å²) in [6.45, 7) is 30.4. The van der Waals surface area contributed by atoms with Crippen molar-refractivity contribution in [3.63, 3.8) is 0 Å². The fourth-order valence-corrected chi connectivity index (χ4v) is 10.6. The van der Waals surface area contributed by atoms with Gasteiger partial charge in [-0.1, -0.05) is 129 Å². The topological polar surface area (TPSA) is 293 Å². The van der Waals surface area contributed by atoms with Crippen LogP contribution in [0, 0.1) is 41.4 Å². The van der Waals surface area contributed by atoms with Gasteiger partial charge in [-0.15, -0.1) is 0 Å². The molecule has 0 aromatic heterocycles. The summed E-state index contributed by atoms with van der Waals surface area (Å²) in [6.07, 6.45) is 5.06. The molecular formula is C64H117N11O12. The maximum absolute atomic E-state index is 15.1. The fourth-order valence-electron chi connectivity index (χ4n) is 10.6. The van der Waals surface area contributed by atoms with Crippen LogP contribution in [0.4, 0.5) is 0 Å². The molecule has 2 unspecified atom stereocenters. The smallest absolute Gasteiger partial charge is 0.246 e. The Morgan fingerprint density at radius 1 is 0.483 bits per heavy atom. The number of likely N-dealkylation sites (N-methyl/N-ethyl adjacent to an activating group) is 7. The van der Waals surface area contributed by atoms with Crippen LogP contribution in [0.15, 0.2) is 12.2 Å². The van der Waals surface area contributed by atoms with E-state index in [0.29, 0.717) is 25.7 Å². The van der Waals surface area contributed by atoms with Gasteiger partial charge < -0.3 is 61.1 Å². The quantitative estimate of drug-likeness (QED) is 0.0537. The number of hydrogen-bond acceptors (Lipinski definition) is 12. The molecule has 0 fully saturated rings. The van der Waals surface area contributed by atoms with E-state index in [-0.39, 0.29) is 61.2 Å². The maximum Gasteiger partial charge on any atom is 0.246 e. The molecule has 0 bridgehead atoms. The van der Waals surface area contributed by atoms with E-state index in [4.69, 9.17) is 5.73 Å². The molecule has 6 N–H and O–H groups in total. The van der Waals surface area contributed by atoms with Crippen LogP contribution in [-0.4, -0.2) is 221 Å². The molecule has 87 heavy (non-hydrogen) atoms. The van der Waals surface area contributed by atoms with Crippen LogP contribution in [0.5, 0.6) is 0 Å². The predicted octanol–water partition coefficient (Wildman–Crippen LogP) is 4.43. The zero-order valence-electron chi connectivity index (χ0n) is 57.7. The van der Waals surface area contributed by atoms with E-state index >= 15 is 9.59 Å². The van der Waals surface area contributed by atoms with Crippen LogP contribution < -0.4 is 21.7 Å². The third-order valence-corrected chi connectivity index (χ3v) is 16.7. The first-order chi connectivity index (χ1) is 40.2. The second-order valence-corrected chi connectivity index (χ2v) is 26.0. The van der Waals surface area contributed by atoms with Crippen molar-refractivity contribution in [2.24, 2.45) is 47.2 Å². The number of unbranched alkanes of at least 4 members (excludes halogenated alkanes) is 1. The Kier molecular flexibility index (Phi) is 35.6. The molecule has 0 saturated heterocycles. The van der Waals surface area contributed by atoms with Gasteiger partial charge in [0, 0.05) is 55.3 Å². The molecule has 0 aliphatic heterocycles. The van der Waals surface area contributed by atoms with Crippen molar-refractivity contribution >= 4 is 65.0 Å². The lowest BCUT2D eigenvalue weighted by Crippen LogP contribution is -2.63. The number of aliphatic hydroxyl groups is 1. The van der Waals surface area contributed by atoms with Crippen molar-refractivity contribution in [2.45, 2.75) is 236 Å². The van der Waals surface area contributed by atoms with Crippen LogP contribution in [-0.2, 0) is 52.7 Å². The minimum Gasteiger partial charge on any atom is -0.390 e. The largest absolute Gasteiger partial charge is 0.390 e. The number of rotatable bonds is 38. The molecule has 23 nitrogen and oxygen atoms in total. The van der Waals surface area contributed by atoms with Gasteiger partial charge in [0.15, 0.2) is 0 Å². The summed E-state index contributed by atoms with van der Waals surface area (Å²) in [5.41, 5.74) is 5.62. The van der Waals surface area contributed by atoms with Crippen molar-refractivity contribution in [3.05, 3.63) is 12.2 Å². The highest BCUT2D eigenvalue weighted by atomic mass is 16.3. The number of nitrogens with two attached hydrogens (primary N) is 1. The number of aliphatic hydroxyl groups excluding tert-OH is 1. The molecule has 500 valence electrons. The van der Waals surface area contributed by atoms with Gasteiger partial charge in [-0.05, 0) is 94.3 Å². The van der Waals surface area contributed by atoms with E-state index in [9.17, 15) is 48.3 Å². The Morgan fingerprint density at radius 3 is 1.37 bits per heavy atom. The number of amides is 11. The van der Waals surface area contributed by atoms with Crippen LogP contribution in [0.1, 0.15) is 175 Å². The fraction of sp³-hybridized carbons (Fsp3) is 0.797. The molecule has 0 heterocycles. The molecule has 23 heteroatoms. The summed E-state index contributed by atoms with van der Waals surface area (Å²) in [7, 11) is 10.1. The molecule has 0 spiro atoms. The molecule has 12 atom stereocenters. The van der Waals surface area contributed by atoms with E-state index in [0.717, 1.165) is 16.2 Å². The molecule has 0 aliphatic rings. The van der Waals surface area contributed by atoms with Crippen molar-refractivity contribution in [3.8, 4) is 0 Å². The zero-order chi connectivity index (χ0) is 67.8. The number of nitrogens with zero attached hydrogens (tertiary/aromatic N) is 7. The minimum absolute atomic E-state index is 0.0379. The van der Waals surface area contributed by atoms with E-state index in [1.807, 2.05) is 69.2 Å². The van der Waals surface area contributed by atoms with Crippen LogP contribution in [0.2, 0.25) is 0 Å². The van der Waals surface area contributed by atoms with Gasteiger partial charge in [0.1, 0.15) is 54.4 Å². The van der Waals surface area contributed by atoms with E-state index in [1.54, 1.807) is 60.7 Å². The number of hydrogen-bond donors (Lipinski definition) is 5. The normalized spacial score (nSPS) is 15.9. The molecule has 0 saturated carbocycles. The molecule has 0 aromatic rings. The summed E-state index contributed by atoms with van der Waals surface area (Å²) >= 11 is 0. The van der Waals surface area contributed by atoms with Crippen molar-refractivity contribution in [1.82, 2.24) is 50.2 Å². The zero-order valence-corrected chi connectivity index (χ0v) is 57.7. The Bertz CT molecular complexity index is 2310. The second kappa shape index (κ2) is 38.3. The number of primary amides is 1. The third-order valence-electron chi connectivity index (χ3n) is 16.7. The summed E-state index contributed by atoms with van der Waals surface area (Å²) < 4.78 is 0. The Balaban J connectivity index is 7.11. The van der Waals surface area contributed by atoms with Crippen molar-refractivity contribution in [1.29, 1.82) is 0 Å². The highest BCUT2D eigenvalue weighted by molar-refractivity contribution is 5.99. The van der Waals surface area contributed by atoms with Crippen molar-refractivity contribution in [2.75, 3.05) is 55.9 Å². The molecular weight excluding hydrogens is 1110 g/mol. The Labute approximate surface area is 522 Å². The average Bonchev–Trinajstić information content (AvgIpc) is 2.50. The summed E-state index contributed by atoms with van der Waals surface area (Å²) in [5, 5.41) is 20.3. The maximum atomic E-state index is 15.1. The van der Waals surface area contributed by atoms with Crippen LogP contribution >= 0.6 is 0 Å². The minimum atomic E-state index is -1.60. The van der Waals surface area contributed by atoms with E-state index < -0.39 is 138 Å². The number of nitrogens with one attached hydrogen (secondary N) is 3. The van der Waals surface area contributed by atoms with Gasteiger partial charge >= 0.3 is 0 Å². The van der Waals surface area contributed by atoms with Crippen LogP contribution in [0.25, 0.3) is 0 Å². The Morgan fingerprint density at radius 2 is 0.931 bits per heavy atom. The predicted molar refractivity (Wildman–Crippen MR) is 340 cm³/mol. The standard InChI is InChI=1S/C64H117N11O12/c1-25-29-31-42(15)54(77)53(58(81)68-46(28-4)61(84)69(18)36-51(76)70(19)47(55(65)78)32-30-26-2)75(24)64(87)52(41(13)14)74(23)63(86)50(35-39(9)10)73(22)62(85)49(34-38(7)8)72(21)60(83)44(17)66-56(79)45(27-3)67-57(80)48(33-37(5)6)71(20)59(82)43(16)40(11)12/h25,29,37-50,52-54,77H,26-28,30-36H2,1-24H3,(H2,65,78)(H,66,79)(H,67,80)(H,68,81)/b29-25+/t42-,43-,44+,45?,46-,47+,48+,49-,50-,52+,53?,54+/m1/s1. The summed E-state index contributed by atoms with van der Waals surface area (Å²) in [4.78, 5) is 164. The number of allylic oxidation sites excluding steroid dienone is 2. The van der Waals surface area contributed by atoms with Gasteiger partial charge in [-0.3, -0.25) is 52.7 Å². The SMILES string of the molecule is C/C=C/C[C@@H](C)[C@H](O)C(C(=O)N[C@H](CC)C(=O)N(C)CC(=O)N(C)[C@@H](CCCC)C(N)=O)N(C)C(=O)[C@H](C(C)C)N(C)C(=O)[C@@H](CC(C)C)N(C)C(=O)[C@@H](CC(C)C)N(C)C(=O)[C@H](C)NC(=O)C(CC)NC(=O)[C@H](CC(C)C)N(C)C(=O)[C@H](C)C(C)C.